The number of phenolic OH excluding ortho intramolecular Hbond substituents is 1. The highest BCUT2D eigenvalue weighted by molar-refractivity contribution is 5.69. The lowest BCUT2D eigenvalue weighted by Crippen LogP contribution is -2.14. The summed E-state index contributed by atoms with van der Waals surface area (Å²) in [5.41, 5.74) is 3.41. The lowest BCUT2D eigenvalue weighted by atomic mass is 9.78. The van der Waals surface area contributed by atoms with Crippen molar-refractivity contribution in [3.05, 3.63) is 28.8 Å². The zero-order chi connectivity index (χ0) is 22.6. The molecule has 0 spiro atoms. The lowest BCUT2D eigenvalue weighted by molar-refractivity contribution is -0.145. The number of benzene rings is 1. The summed E-state index contributed by atoms with van der Waals surface area (Å²) in [6.45, 7) is 4.40. The SMILES string of the molecule is CCOCCOCCOC(=O)CCc1cc(C2CCCCC2)c(O)c(C2CCCCC2)c1. The van der Waals surface area contributed by atoms with E-state index in [4.69, 9.17) is 14.2 Å². The van der Waals surface area contributed by atoms with Gasteiger partial charge in [0.25, 0.3) is 0 Å². The molecule has 1 aromatic carbocycles. The molecule has 0 bridgehead atoms. The number of aromatic hydroxyl groups is 1. The van der Waals surface area contributed by atoms with E-state index in [-0.39, 0.29) is 12.6 Å². The maximum absolute atomic E-state index is 12.2. The molecule has 180 valence electrons. The molecular formula is C27H42O5. The summed E-state index contributed by atoms with van der Waals surface area (Å²) >= 11 is 0. The van der Waals surface area contributed by atoms with E-state index < -0.39 is 0 Å². The molecule has 0 aliphatic heterocycles. The Hall–Kier alpha value is -1.59. The second-order valence-electron chi connectivity index (χ2n) is 9.32. The van der Waals surface area contributed by atoms with Crippen LogP contribution in [0.25, 0.3) is 0 Å². The van der Waals surface area contributed by atoms with Crippen LogP contribution in [0.3, 0.4) is 0 Å². The molecule has 1 N–H and O–H groups in total. The van der Waals surface area contributed by atoms with Crippen LogP contribution in [0.15, 0.2) is 12.1 Å². The van der Waals surface area contributed by atoms with Crippen LogP contribution in [-0.4, -0.2) is 44.1 Å². The number of ether oxygens (including phenoxy) is 3. The number of esters is 1. The Morgan fingerprint density at radius 1 is 0.844 bits per heavy atom. The largest absolute Gasteiger partial charge is 0.507 e. The van der Waals surface area contributed by atoms with Crippen LogP contribution in [0, 0.1) is 0 Å². The Balaban J connectivity index is 1.57. The molecular weight excluding hydrogens is 404 g/mol. The van der Waals surface area contributed by atoms with E-state index in [1.54, 1.807) is 0 Å². The van der Waals surface area contributed by atoms with Gasteiger partial charge in [-0.25, -0.2) is 0 Å². The number of hydrogen-bond acceptors (Lipinski definition) is 5. The van der Waals surface area contributed by atoms with Crippen LogP contribution in [0.5, 0.6) is 5.75 Å². The Bertz CT molecular complexity index is 650. The van der Waals surface area contributed by atoms with Crippen molar-refractivity contribution in [2.45, 2.75) is 95.8 Å². The quantitative estimate of drug-likeness (QED) is 0.314. The van der Waals surface area contributed by atoms with Crippen molar-refractivity contribution in [2.24, 2.45) is 0 Å². The molecule has 2 fully saturated rings. The van der Waals surface area contributed by atoms with Crippen molar-refractivity contribution >= 4 is 5.97 Å². The first-order valence-electron chi connectivity index (χ1n) is 12.9. The van der Waals surface area contributed by atoms with Crippen molar-refractivity contribution in [3.63, 3.8) is 0 Å². The molecule has 5 nitrogen and oxygen atoms in total. The third kappa shape index (κ3) is 7.77. The first-order valence-corrected chi connectivity index (χ1v) is 12.9. The van der Waals surface area contributed by atoms with Crippen LogP contribution in [0.4, 0.5) is 0 Å². The van der Waals surface area contributed by atoms with Crippen LogP contribution in [-0.2, 0) is 25.4 Å². The molecule has 2 aliphatic rings. The van der Waals surface area contributed by atoms with E-state index in [1.165, 1.54) is 38.5 Å². The molecule has 0 saturated heterocycles. The molecule has 3 rings (SSSR count). The lowest BCUT2D eigenvalue weighted by Gasteiger charge is -2.28. The van der Waals surface area contributed by atoms with E-state index in [2.05, 4.69) is 12.1 Å². The van der Waals surface area contributed by atoms with Gasteiger partial charge in [-0.2, -0.15) is 0 Å². The van der Waals surface area contributed by atoms with Crippen LogP contribution in [0.2, 0.25) is 0 Å². The van der Waals surface area contributed by atoms with Gasteiger partial charge in [0.1, 0.15) is 12.4 Å². The maximum Gasteiger partial charge on any atom is 0.306 e. The van der Waals surface area contributed by atoms with Gasteiger partial charge >= 0.3 is 5.97 Å². The zero-order valence-corrected chi connectivity index (χ0v) is 19.9. The van der Waals surface area contributed by atoms with Crippen LogP contribution >= 0.6 is 0 Å². The second-order valence-corrected chi connectivity index (χ2v) is 9.32. The Morgan fingerprint density at radius 2 is 1.38 bits per heavy atom. The van der Waals surface area contributed by atoms with Crippen molar-refractivity contribution in [1.82, 2.24) is 0 Å². The fourth-order valence-corrected chi connectivity index (χ4v) is 5.24. The summed E-state index contributed by atoms with van der Waals surface area (Å²) in [5.74, 6) is 1.25. The van der Waals surface area contributed by atoms with Gasteiger partial charge in [-0.1, -0.05) is 50.7 Å². The minimum absolute atomic E-state index is 0.190. The summed E-state index contributed by atoms with van der Waals surface area (Å²) < 4.78 is 15.9. The van der Waals surface area contributed by atoms with Gasteiger partial charge in [0, 0.05) is 13.0 Å². The van der Waals surface area contributed by atoms with Crippen molar-refractivity contribution in [2.75, 3.05) is 33.0 Å². The second kappa shape index (κ2) is 13.8. The monoisotopic (exact) mass is 446 g/mol. The Morgan fingerprint density at radius 3 is 1.94 bits per heavy atom. The Kier molecular flexibility index (Phi) is 10.8. The van der Waals surface area contributed by atoms with Gasteiger partial charge in [-0.05, 0) is 67.6 Å². The third-order valence-corrected chi connectivity index (χ3v) is 7.00. The first kappa shape index (κ1) is 25.0. The minimum Gasteiger partial charge on any atom is -0.507 e. The van der Waals surface area contributed by atoms with Crippen LogP contribution in [0.1, 0.15) is 106 Å². The number of carbonyl (C=O) groups is 1. The highest BCUT2D eigenvalue weighted by Crippen LogP contribution is 2.44. The van der Waals surface area contributed by atoms with Gasteiger partial charge < -0.3 is 19.3 Å². The fraction of sp³-hybridized carbons (Fsp3) is 0.741. The summed E-state index contributed by atoms with van der Waals surface area (Å²) in [6, 6.07) is 4.34. The highest BCUT2D eigenvalue weighted by Gasteiger charge is 2.25. The number of aryl methyl sites for hydroxylation is 1. The van der Waals surface area contributed by atoms with Gasteiger partial charge in [-0.3, -0.25) is 4.79 Å². The van der Waals surface area contributed by atoms with Crippen molar-refractivity contribution in [1.29, 1.82) is 0 Å². The fourth-order valence-electron chi connectivity index (χ4n) is 5.24. The van der Waals surface area contributed by atoms with Crippen molar-refractivity contribution in [3.8, 4) is 5.75 Å². The van der Waals surface area contributed by atoms with E-state index in [0.717, 1.165) is 42.4 Å². The molecule has 0 unspecified atom stereocenters. The topological polar surface area (TPSA) is 65.0 Å². The zero-order valence-electron chi connectivity index (χ0n) is 19.9. The average molecular weight is 447 g/mol. The normalized spacial score (nSPS) is 18.0. The predicted octanol–water partition coefficient (Wildman–Crippen LogP) is 6.02. The number of carbonyl (C=O) groups excluding carboxylic acids is 1. The number of phenols is 1. The first-order chi connectivity index (χ1) is 15.7. The van der Waals surface area contributed by atoms with Gasteiger partial charge in [-0.15, -0.1) is 0 Å². The molecule has 5 heteroatoms. The summed E-state index contributed by atoms with van der Waals surface area (Å²) in [6.07, 6.45) is 13.2. The molecule has 2 aliphatic carbocycles. The molecule has 0 aromatic heterocycles. The third-order valence-electron chi connectivity index (χ3n) is 7.00. The molecule has 1 aromatic rings. The number of rotatable bonds is 12. The van der Waals surface area contributed by atoms with Gasteiger partial charge in [0.15, 0.2) is 0 Å². The molecule has 0 heterocycles. The predicted molar refractivity (Wildman–Crippen MR) is 126 cm³/mol. The summed E-state index contributed by atoms with van der Waals surface area (Å²) in [5, 5.41) is 11.2. The highest BCUT2D eigenvalue weighted by atomic mass is 16.6. The van der Waals surface area contributed by atoms with E-state index >= 15 is 0 Å². The van der Waals surface area contributed by atoms with E-state index in [0.29, 0.717) is 56.9 Å². The van der Waals surface area contributed by atoms with Crippen molar-refractivity contribution < 1.29 is 24.1 Å². The molecule has 32 heavy (non-hydrogen) atoms. The molecule has 0 atom stereocenters. The Labute approximate surface area is 193 Å². The number of hydrogen-bond donors (Lipinski definition) is 1. The molecule has 0 radical (unpaired) electrons. The summed E-state index contributed by atoms with van der Waals surface area (Å²) in [4.78, 5) is 12.2. The molecule has 2 saturated carbocycles. The summed E-state index contributed by atoms with van der Waals surface area (Å²) in [7, 11) is 0. The van der Waals surface area contributed by atoms with Gasteiger partial charge in [0.2, 0.25) is 0 Å². The molecule has 0 amide bonds. The van der Waals surface area contributed by atoms with E-state index in [9.17, 15) is 9.90 Å². The van der Waals surface area contributed by atoms with Gasteiger partial charge in [0.05, 0.1) is 19.8 Å². The average Bonchev–Trinajstić information content (AvgIpc) is 2.84. The van der Waals surface area contributed by atoms with Crippen LogP contribution < -0.4 is 0 Å². The standard InChI is InChI=1S/C27H42O5/c1-2-30-15-16-31-17-18-32-26(28)14-13-21-19-24(22-9-5-3-6-10-22)27(29)25(20-21)23-11-7-4-8-12-23/h19-20,22-23,29H,2-18H2,1H3. The maximum atomic E-state index is 12.2. The smallest absolute Gasteiger partial charge is 0.306 e. The van der Waals surface area contributed by atoms with E-state index in [1.807, 2.05) is 6.92 Å². The minimum atomic E-state index is -0.190.